The number of carbonyl (C=O) groups excluding carboxylic acids is 1. The van der Waals surface area contributed by atoms with Crippen molar-refractivity contribution in [3.63, 3.8) is 0 Å². The second kappa shape index (κ2) is 12.2. The number of aromatic nitrogens is 1. The molecule has 1 atom stereocenters. The van der Waals surface area contributed by atoms with E-state index in [0.717, 1.165) is 55.4 Å². The highest BCUT2D eigenvalue weighted by molar-refractivity contribution is 5.94. The van der Waals surface area contributed by atoms with Gasteiger partial charge in [-0.3, -0.25) is 14.7 Å². The van der Waals surface area contributed by atoms with Gasteiger partial charge in [0.15, 0.2) is 0 Å². The van der Waals surface area contributed by atoms with Gasteiger partial charge in [0.25, 0.3) is 5.91 Å². The summed E-state index contributed by atoms with van der Waals surface area (Å²) in [5.41, 5.74) is 3.58. The zero-order valence-corrected chi connectivity index (χ0v) is 21.9. The molecular weight excluding hydrogens is 477 g/mol. The predicted octanol–water partition coefficient (Wildman–Crippen LogP) is 6.47. The molecule has 1 unspecified atom stereocenters. The van der Waals surface area contributed by atoms with Crippen molar-refractivity contribution in [2.24, 2.45) is 0 Å². The summed E-state index contributed by atoms with van der Waals surface area (Å²) in [7, 11) is 2.11. The fourth-order valence-corrected chi connectivity index (χ4v) is 5.36. The van der Waals surface area contributed by atoms with E-state index in [1.54, 1.807) is 18.2 Å². The van der Waals surface area contributed by atoms with Crippen LogP contribution in [0.4, 0.5) is 4.39 Å². The predicted molar refractivity (Wildman–Crippen MR) is 149 cm³/mol. The van der Waals surface area contributed by atoms with Crippen LogP contribution in [0, 0.1) is 5.82 Å². The first-order valence-electron chi connectivity index (χ1n) is 13.4. The number of para-hydroxylation sites is 1. The highest BCUT2D eigenvalue weighted by Gasteiger charge is 2.28. The van der Waals surface area contributed by atoms with Gasteiger partial charge in [0.2, 0.25) is 0 Å². The van der Waals surface area contributed by atoms with Crippen LogP contribution in [0.15, 0.2) is 85.1 Å². The summed E-state index contributed by atoms with van der Waals surface area (Å²) in [6.45, 7) is 2.75. The lowest BCUT2D eigenvalue weighted by molar-refractivity contribution is 0.0576. The number of hydrogen-bond acceptors (Lipinski definition) is 4. The van der Waals surface area contributed by atoms with Crippen molar-refractivity contribution < 1.29 is 13.9 Å². The number of hydrogen-bond donors (Lipinski definition) is 0. The average molecular weight is 512 g/mol. The SMILES string of the molecule is CN(Cc1cccc(OCCC2CCCCN2C(=O)c2ccccc2F)c1)Cc1cccc2cccnc12. The molecule has 1 amide bonds. The number of rotatable bonds is 9. The molecule has 196 valence electrons. The molecule has 1 aromatic heterocycles. The molecule has 5 rings (SSSR count). The number of benzene rings is 3. The van der Waals surface area contributed by atoms with Crippen molar-refractivity contribution in [2.75, 3.05) is 20.2 Å². The average Bonchev–Trinajstić information content (AvgIpc) is 2.94. The summed E-state index contributed by atoms with van der Waals surface area (Å²) in [5.74, 6) is 0.140. The quantitative estimate of drug-likeness (QED) is 0.258. The van der Waals surface area contributed by atoms with E-state index >= 15 is 0 Å². The Kier molecular flexibility index (Phi) is 8.29. The third-order valence-electron chi connectivity index (χ3n) is 7.22. The summed E-state index contributed by atoms with van der Waals surface area (Å²) in [6, 6.07) is 24.9. The first-order chi connectivity index (χ1) is 18.6. The minimum atomic E-state index is -0.462. The molecule has 0 saturated carbocycles. The van der Waals surface area contributed by atoms with E-state index in [1.165, 1.54) is 17.2 Å². The van der Waals surface area contributed by atoms with E-state index in [-0.39, 0.29) is 17.5 Å². The van der Waals surface area contributed by atoms with Gasteiger partial charge in [0.05, 0.1) is 17.7 Å². The van der Waals surface area contributed by atoms with Crippen molar-refractivity contribution in [1.82, 2.24) is 14.8 Å². The molecule has 3 aromatic carbocycles. The Morgan fingerprint density at radius 1 is 1.03 bits per heavy atom. The Labute approximate surface area is 223 Å². The van der Waals surface area contributed by atoms with Crippen LogP contribution in [0.3, 0.4) is 0 Å². The summed E-state index contributed by atoms with van der Waals surface area (Å²) in [4.78, 5) is 21.7. The number of carbonyl (C=O) groups is 1. The summed E-state index contributed by atoms with van der Waals surface area (Å²) in [5, 5.41) is 1.15. The maximum atomic E-state index is 14.2. The van der Waals surface area contributed by atoms with Gasteiger partial charge in [0.1, 0.15) is 11.6 Å². The zero-order chi connectivity index (χ0) is 26.3. The molecule has 2 heterocycles. The van der Waals surface area contributed by atoms with E-state index in [2.05, 4.69) is 53.3 Å². The fourth-order valence-electron chi connectivity index (χ4n) is 5.36. The Hall–Kier alpha value is -3.77. The van der Waals surface area contributed by atoms with Gasteiger partial charge in [-0.15, -0.1) is 0 Å². The summed E-state index contributed by atoms with van der Waals surface area (Å²) in [6.07, 6.45) is 5.49. The van der Waals surface area contributed by atoms with E-state index in [0.29, 0.717) is 13.2 Å². The highest BCUT2D eigenvalue weighted by atomic mass is 19.1. The van der Waals surface area contributed by atoms with Crippen LogP contribution in [0.2, 0.25) is 0 Å². The van der Waals surface area contributed by atoms with Crippen molar-refractivity contribution in [1.29, 1.82) is 0 Å². The molecule has 0 spiro atoms. The molecule has 4 aromatic rings. The minimum Gasteiger partial charge on any atom is -0.494 e. The van der Waals surface area contributed by atoms with Crippen LogP contribution < -0.4 is 4.74 Å². The van der Waals surface area contributed by atoms with Gasteiger partial charge in [0, 0.05) is 43.7 Å². The van der Waals surface area contributed by atoms with E-state index in [9.17, 15) is 9.18 Å². The van der Waals surface area contributed by atoms with Crippen molar-refractivity contribution in [2.45, 2.75) is 44.8 Å². The van der Waals surface area contributed by atoms with E-state index < -0.39 is 5.82 Å². The van der Waals surface area contributed by atoms with E-state index in [4.69, 9.17) is 4.74 Å². The number of pyridine rings is 1. The number of piperidine rings is 1. The van der Waals surface area contributed by atoms with Crippen molar-refractivity contribution in [3.05, 3.63) is 108 Å². The smallest absolute Gasteiger partial charge is 0.257 e. The minimum absolute atomic E-state index is 0.0551. The number of fused-ring (bicyclic) bond motifs is 1. The third-order valence-corrected chi connectivity index (χ3v) is 7.22. The molecule has 1 fully saturated rings. The number of likely N-dealkylation sites (tertiary alicyclic amines) is 1. The molecule has 1 aliphatic heterocycles. The first kappa shape index (κ1) is 25.9. The lowest BCUT2D eigenvalue weighted by Crippen LogP contribution is -2.44. The van der Waals surface area contributed by atoms with Crippen LogP contribution in [-0.4, -0.2) is 46.9 Å². The van der Waals surface area contributed by atoms with Crippen molar-refractivity contribution >= 4 is 16.8 Å². The van der Waals surface area contributed by atoms with Crippen LogP contribution in [0.5, 0.6) is 5.75 Å². The Morgan fingerprint density at radius 3 is 2.76 bits per heavy atom. The molecule has 1 saturated heterocycles. The lowest BCUT2D eigenvalue weighted by Gasteiger charge is -2.36. The largest absolute Gasteiger partial charge is 0.494 e. The molecular formula is C32H34FN3O2. The normalized spacial score (nSPS) is 15.7. The van der Waals surface area contributed by atoms with E-state index in [1.807, 2.05) is 29.3 Å². The molecule has 5 nitrogen and oxygen atoms in total. The monoisotopic (exact) mass is 511 g/mol. The maximum Gasteiger partial charge on any atom is 0.257 e. The standard InChI is InChI=1S/C32H34FN3O2/c1-35(23-26-11-7-10-25-12-8-18-34-31(25)26)22-24-9-6-14-28(21-24)38-20-17-27-13-4-5-19-36(27)32(37)29-15-2-3-16-30(29)33/h2-3,6-12,14-16,18,21,27H,4-5,13,17,19-20,22-23H2,1H3. The van der Waals surface area contributed by atoms with Gasteiger partial charge in [-0.1, -0.05) is 48.5 Å². The van der Waals surface area contributed by atoms with Crippen LogP contribution in [0.25, 0.3) is 10.9 Å². The van der Waals surface area contributed by atoms with Gasteiger partial charge in [-0.2, -0.15) is 0 Å². The van der Waals surface area contributed by atoms with Gasteiger partial charge < -0.3 is 9.64 Å². The lowest BCUT2D eigenvalue weighted by atomic mass is 9.98. The van der Waals surface area contributed by atoms with Gasteiger partial charge >= 0.3 is 0 Å². The second-order valence-corrected chi connectivity index (χ2v) is 10.1. The zero-order valence-electron chi connectivity index (χ0n) is 21.9. The molecule has 38 heavy (non-hydrogen) atoms. The van der Waals surface area contributed by atoms with Crippen LogP contribution >= 0.6 is 0 Å². The fraction of sp³-hybridized carbons (Fsp3) is 0.312. The molecule has 6 heteroatoms. The topological polar surface area (TPSA) is 45.7 Å². The molecule has 0 bridgehead atoms. The molecule has 0 aliphatic carbocycles. The number of ether oxygens (including phenoxy) is 1. The highest BCUT2D eigenvalue weighted by Crippen LogP contribution is 2.24. The molecule has 1 aliphatic rings. The summed E-state index contributed by atoms with van der Waals surface area (Å²) < 4.78 is 20.4. The second-order valence-electron chi connectivity index (χ2n) is 10.1. The first-order valence-corrected chi connectivity index (χ1v) is 13.4. The number of halogens is 1. The van der Waals surface area contributed by atoms with Gasteiger partial charge in [-0.25, -0.2) is 4.39 Å². The molecule has 0 radical (unpaired) electrons. The maximum absolute atomic E-state index is 14.2. The Morgan fingerprint density at radius 2 is 1.87 bits per heavy atom. The molecule has 0 N–H and O–H groups in total. The number of amides is 1. The van der Waals surface area contributed by atoms with Crippen molar-refractivity contribution in [3.8, 4) is 5.75 Å². The van der Waals surface area contributed by atoms with Gasteiger partial charge in [-0.05, 0) is 67.8 Å². The third kappa shape index (κ3) is 6.20. The van der Waals surface area contributed by atoms with Crippen LogP contribution in [0.1, 0.15) is 47.2 Å². The Balaban J connectivity index is 1.16. The number of nitrogens with zero attached hydrogens (tertiary/aromatic N) is 3. The summed E-state index contributed by atoms with van der Waals surface area (Å²) >= 11 is 0. The van der Waals surface area contributed by atoms with Crippen LogP contribution in [-0.2, 0) is 13.1 Å². The Bertz CT molecular complexity index is 1390.